The van der Waals surface area contributed by atoms with E-state index in [1.54, 1.807) is 18.2 Å². The molecule has 0 aliphatic heterocycles. The third-order valence-electron chi connectivity index (χ3n) is 6.05. The molecule has 1 atom stereocenters. The lowest BCUT2D eigenvalue weighted by molar-refractivity contribution is -0.120. The quantitative estimate of drug-likeness (QED) is 0.521. The van der Waals surface area contributed by atoms with Gasteiger partial charge in [-0.2, -0.15) is 0 Å². The molecule has 7 heteroatoms. The number of fused-ring (bicyclic) bond motifs is 2. The molecule has 1 fully saturated rings. The van der Waals surface area contributed by atoms with Crippen LogP contribution in [0.2, 0.25) is 0 Å². The lowest BCUT2D eigenvalue weighted by Gasteiger charge is -2.18. The molecule has 2 aliphatic rings. The lowest BCUT2D eigenvalue weighted by atomic mass is 10.00. The molecule has 0 saturated heterocycles. The summed E-state index contributed by atoms with van der Waals surface area (Å²) in [6, 6.07) is 16.1. The van der Waals surface area contributed by atoms with Crippen LogP contribution in [0.15, 0.2) is 64.0 Å². The fourth-order valence-electron chi connectivity index (χ4n) is 4.25. The van der Waals surface area contributed by atoms with Crippen LogP contribution in [0.3, 0.4) is 0 Å². The summed E-state index contributed by atoms with van der Waals surface area (Å²) in [4.78, 5) is 13.3. The zero-order valence-electron chi connectivity index (χ0n) is 16.8. The van der Waals surface area contributed by atoms with Gasteiger partial charge in [0.25, 0.3) is 10.0 Å². The number of amides is 1. The van der Waals surface area contributed by atoms with E-state index in [4.69, 9.17) is 4.74 Å². The summed E-state index contributed by atoms with van der Waals surface area (Å²) in [6.07, 6.45) is 3.59. The van der Waals surface area contributed by atoms with E-state index >= 15 is 0 Å². The molecule has 0 aromatic heterocycles. The summed E-state index contributed by atoms with van der Waals surface area (Å²) in [6.45, 7) is 0.636. The van der Waals surface area contributed by atoms with Gasteiger partial charge in [0.15, 0.2) is 0 Å². The molecule has 5 rings (SSSR count). The minimum Gasteiger partial charge on any atom is -0.493 e. The predicted molar refractivity (Wildman–Crippen MR) is 123 cm³/mol. The maximum atomic E-state index is 13.2. The van der Waals surface area contributed by atoms with Crippen molar-refractivity contribution in [2.45, 2.75) is 36.5 Å². The maximum absolute atomic E-state index is 13.2. The highest BCUT2D eigenvalue weighted by Gasteiger charge is 2.36. The minimum absolute atomic E-state index is 0.108. The van der Waals surface area contributed by atoms with Gasteiger partial charge in [0, 0.05) is 15.4 Å². The first-order chi connectivity index (χ1) is 14.9. The van der Waals surface area contributed by atoms with Crippen LogP contribution in [0, 0.1) is 5.92 Å². The number of benzene rings is 3. The molecule has 1 unspecified atom stereocenters. The van der Waals surface area contributed by atoms with Crippen LogP contribution in [0.5, 0.6) is 5.75 Å². The highest BCUT2D eigenvalue weighted by Crippen LogP contribution is 2.44. The van der Waals surface area contributed by atoms with E-state index in [2.05, 4.69) is 20.7 Å². The van der Waals surface area contributed by atoms with Crippen molar-refractivity contribution >= 4 is 42.6 Å². The number of carbonyl (C=O) groups excluding carboxylic acids is 1. The lowest BCUT2D eigenvalue weighted by Crippen LogP contribution is -2.34. The number of nitrogens with one attached hydrogen (secondary N) is 1. The first-order valence-electron chi connectivity index (χ1n) is 10.4. The van der Waals surface area contributed by atoms with Gasteiger partial charge in [-0.1, -0.05) is 52.3 Å². The number of carbonyl (C=O) groups is 1. The van der Waals surface area contributed by atoms with Gasteiger partial charge in [-0.05, 0) is 60.7 Å². The van der Waals surface area contributed by atoms with Crippen molar-refractivity contribution in [3.63, 3.8) is 0 Å². The zero-order valence-corrected chi connectivity index (χ0v) is 19.2. The van der Waals surface area contributed by atoms with Crippen LogP contribution in [-0.4, -0.2) is 20.9 Å². The molecule has 0 bridgehead atoms. The first kappa shape index (κ1) is 20.5. The van der Waals surface area contributed by atoms with Crippen LogP contribution in [0.4, 0.5) is 0 Å². The Bertz CT molecular complexity index is 1280. The Morgan fingerprint density at radius 1 is 1.03 bits per heavy atom. The van der Waals surface area contributed by atoms with E-state index in [1.807, 2.05) is 30.3 Å². The number of ether oxygens (including phenoxy) is 1. The van der Waals surface area contributed by atoms with Gasteiger partial charge in [-0.3, -0.25) is 4.79 Å². The molecule has 2 aliphatic carbocycles. The summed E-state index contributed by atoms with van der Waals surface area (Å²) in [7, 11) is -4.02. The van der Waals surface area contributed by atoms with Crippen molar-refractivity contribution in [1.29, 1.82) is 0 Å². The standard InChI is InChI=1S/C24H22BrNO4S/c25-20-12-13-21(30-14-15-8-9-15)23-18(20)10-11-19(23)24(27)26-31(28,29)22-7-3-5-16-4-1-2-6-17(16)22/h1-7,12-13,15,19H,8-11,14H2,(H,26,27). The van der Waals surface area contributed by atoms with Gasteiger partial charge in [0.1, 0.15) is 5.75 Å². The fourth-order valence-corrected chi connectivity index (χ4v) is 6.05. The van der Waals surface area contributed by atoms with Gasteiger partial charge in [-0.15, -0.1) is 0 Å². The molecular weight excluding hydrogens is 478 g/mol. The Morgan fingerprint density at radius 2 is 1.81 bits per heavy atom. The van der Waals surface area contributed by atoms with E-state index < -0.39 is 21.8 Å². The maximum Gasteiger partial charge on any atom is 0.264 e. The Balaban J connectivity index is 1.45. The molecule has 160 valence electrons. The van der Waals surface area contributed by atoms with Gasteiger partial charge in [-0.25, -0.2) is 13.1 Å². The largest absolute Gasteiger partial charge is 0.493 e. The van der Waals surface area contributed by atoms with Gasteiger partial charge in [0.2, 0.25) is 5.91 Å². The van der Waals surface area contributed by atoms with Gasteiger partial charge < -0.3 is 4.74 Å². The summed E-state index contributed by atoms with van der Waals surface area (Å²) in [5.41, 5.74) is 1.83. The Labute approximate surface area is 190 Å². The normalized spacial score (nSPS) is 18.0. The van der Waals surface area contributed by atoms with Gasteiger partial charge in [0.05, 0.1) is 17.4 Å². The zero-order chi connectivity index (χ0) is 21.6. The summed E-state index contributed by atoms with van der Waals surface area (Å²) in [5.74, 6) is 0.192. The third-order valence-corrected chi connectivity index (χ3v) is 8.20. The monoisotopic (exact) mass is 499 g/mol. The van der Waals surface area contributed by atoms with Crippen LogP contribution >= 0.6 is 15.9 Å². The highest BCUT2D eigenvalue weighted by atomic mass is 79.9. The number of rotatable bonds is 6. The molecule has 31 heavy (non-hydrogen) atoms. The number of hydrogen-bond donors (Lipinski definition) is 1. The Morgan fingerprint density at radius 3 is 2.61 bits per heavy atom. The molecule has 1 saturated carbocycles. The molecular formula is C24H22BrNO4S. The van der Waals surface area contributed by atoms with Crippen molar-refractivity contribution in [3.05, 3.63) is 70.2 Å². The number of sulfonamides is 1. The van der Waals surface area contributed by atoms with Gasteiger partial charge >= 0.3 is 0 Å². The molecule has 0 spiro atoms. The third kappa shape index (κ3) is 3.96. The van der Waals surface area contributed by atoms with E-state index in [9.17, 15) is 13.2 Å². The SMILES string of the molecule is O=C(NS(=O)(=O)c1cccc2ccccc12)C1CCc2c(Br)ccc(OCC3CC3)c21. The van der Waals surface area contributed by atoms with Crippen molar-refractivity contribution in [2.75, 3.05) is 6.61 Å². The highest BCUT2D eigenvalue weighted by molar-refractivity contribution is 9.10. The summed E-state index contributed by atoms with van der Waals surface area (Å²) >= 11 is 3.57. The second-order valence-electron chi connectivity index (χ2n) is 8.23. The summed E-state index contributed by atoms with van der Waals surface area (Å²) < 4.78 is 35.5. The van der Waals surface area contributed by atoms with E-state index in [1.165, 1.54) is 18.9 Å². The molecule has 0 radical (unpaired) electrons. The number of halogens is 1. The average Bonchev–Trinajstić information content (AvgIpc) is 3.47. The van der Waals surface area contributed by atoms with Crippen molar-refractivity contribution in [1.82, 2.24) is 4.72 Å². The van der Waals surface area contributed by atoms with Crippen LogP contribution in [-0.2, 0) is 21.2 Å². The van der Waals surface area contributed by atoms with E-state index in [-0.39, 0.29) is 4.90 Å². The van der Waals surface area contributed by atoms with E-state index in [0.29, 0.717) is 36.5 Å². The van der Waals surface area contributed by atoms with Crippen molar-refractivity contribution < 1.29 is 17.9 Å². The molecule has 1 N–H and O–H groups in total. The minimum atomic E-state index is -4.02. The molecule has 3 aromatic carbocycles. The molecule has 1 amide bonds. The fraction of sp³-hybridized carbons (Fsp3) is 0.292. The second-order valence-corrected chi connectivity index (χ2v) is 10.7. The summed E-state index contributed by atoms with van der Waals surface area (Å²) in [5, 5.41) is 1.40. The number of hydrogen-bond acceptors (Lipinski definition) is 4. The Kier molecular flexibility index (Phi) is 5.26. The van der Waals surface area contributed by atoms with Crippen molar-refractivity contribution in [2.24, 2.45) is 5.92 Å². The van der Waals surface area contributed by atoms with Crippen molar-refractivity contribution in [3.8, 4) is 5.75 Å². The average molecular weight is 500 g/mol. The first-order valence-corrected chi connectivity index (χ1v) is 12.7. The van der Waals surface area contributed by atoms with E-state index in [0.717, 1.165) is 21.0 Å². The second kappa shape index (κ2) is 7.95. The van der Waals surface area contributed by atoms with Crippen LogP contribution in [0.25, 0.3) is 10.8 Å². The molecule has 0 heterocycles. The topological polar surface area (TPSA) is 72.5 Å². The smallest absolute Gasteiger partial charge is 0.264 e. The Hall–Kier alpha value is -2.38. The van der Waals surface area contributed by atoms with Crippen LogP contribution in [0.1, 0.15) is 36.3 Å². The molecule has 5 nitrogen and oxygen atoms in total. The van der Waals surface area contributed by atoms with Crippen LogP contribution < -0.4 is 9.46 Å². The predicted octanol–water partition coefficient (Wildman–Crippen LogP) is 4.93. The molecule has 3 aromatic rings.